The number of nitrogens with zero attached hydrogens (tertiary/aromatic N) is 2. The van der Waals surface area contributed by atoms with E-state index in [4.69, 9.17) is 9.47 Å². The summed E-state index contributed by atoms with van der Waals surface area (Å²) < 4.78 is 11.4. The number of benzene rings is 1. The number of fused-ring (bicyclic) bond motifs is 3. The Kier molecular flexibility index (Phi) is 6.89. The van der Waals surface area contributed by atoms with Crippen molar-refractivity contribution in [3.63, 3.8) is 0 Å². The minimum atomic E-state index is -0.190. The summed E-state index contributed by atoms with van der Waals surface area (Å²) in [7, 11) is 3.88. The van der Waals surface area contributed by atoms with Gasteiger partial charge in [-0.15, -0.1) is 0 Å². The van der Waals surface area contributed by atoms with Crippen LogP contribution in [0.1, 0.15) is 52.0 Å². The van der Waals surface area contributed by atoms with Crippen molar-refractivity contribution in [2.45, 2.75) is 64.6 Å². The normalized spacial score (nSPS) is 30.3. The number of hydrogen-bond donors (Lipinski definition) is 0. The van der Waals surface area contributed by atoms with Crippen molar-refractivity contribution in [2.24, 2.45) is 5.92 Å². The van der Waals surface area contributed by atoms with Crippen molar-refractivity contribution >= 4 is 11.7 Å². The standard InChI is InChI=1S/C24H36N2O3/c1-7-8-12-26-13-11-21-20-10-9-19(28-6)15-22(20)25(5)24(21)17(3)23(14-16(26)2)29-18(4)27/h7-10,15-17,21,23-24H,11-14H2,1-6H3/b8-7-. The fraction of sp³-hybridized carbons (Fsp3) is 0.625. The molecule has 0 saturated carbocycles. The van der Waals surface area contributed by atoms with Crippen molar-refractivity contribution in [2.75, 3.05) is 32.1 Å². The molecule has 1 aromatic carbocycles. The lowest BCUT2D eigenvalue weighted by Gasteiger charge is -2.36. The van der Waals surface area contributed by atoms with Gasteiger partial charge in [-0.1, -0.05) is 25.1 Å². The van der Waals surface area contributed by atoms with Gasteiger partial charge in [-0.2, -0.15) is 0 Å². The van der Waals surface area contributed by atoms with Crippen LogP contribution < -0.4 is 9.64 Å². The monoisotopic (exact) mass is 400 g/mol. The molecule has 0 N–H and O–H groups in total. The lowest BCUT2D eigenvalue weighted by atomic mass is 9.82. The molecule has 5 heteroatoms. The Labute approximate surface area is 175 Å². The van der Waals surface area contributed by atoms with Gasteiger partial charge >= 0.3 is 5.97 Å². The van der Waals surface area contributed by atoms with Crippen LogP contribution in [0.25, 0.3) is 0 Å². The fourth-order valence-corrected chi connectivity index (χ4v) is 5.26. The van der Waals surface area contributed by atoms with E-state index in [1.165, 1.54) is 18.2 Å². The van der Waals surface area contributed by atoms with Crippen molar-refractivity contribution in [1.29, 1.82) is 0 Å². The molecule has 2 heterocycles. The Morgan fingerprint density at radius 2 is 2.07 bits per heavy atom. The van der Waals surface area contributed by atoms with Gasteiger partial charge in [-0.25, -0.2) is 0 Å². The van der Waals surface area contributed by atoms with Crippen LogP contribution in [0, 0.1) is 5.92 Å². The molecule has 0 aromatic heterocycles. The van der Waals surface area contributed by atoms with Gasteiger partial charge in [-0.05, 0) is 38.4 Å². The van der Waals surface area contributed by atoms with Gasteiger partial charge in [0.15, 0.2) is 0 Å². The third-order valence-corrected chi connectivity index (χ3v) is 6.82. The second-order valence-corrected chi connectivity index (χ2v) is 8.58. The summed E-state index contributed by atoms with van der Waals surface area (Å²) in [6.45, 7) is 10.1. The van der Waals surface area contributed by atoms with E-state index in [1.54, 1.807) is 7.11 Å². The lowest BCUT2D eigenvalue weighted by molar-refractivity contribution is -0.150. The number of anilines is 1. The van der Waals surface area contributed by atoms with Crippen LogP contribution in [-0.2, 0) is 9.53 Å². The van der Waals surface area contributed by atoms with Gasteiger partial charge in [0.25, 0.3) is 0 Å². The second-order valence-electron chi connectivity index (χ2n) is 8.58. The molecule has 2 aliphatic heterocycles. The smallest absolute Gasteiger partial charge is 0.302 e. The van der Waals surface area contributed by atoms with Gasteiger partial charge in [0.1, 0.15) is 11.9 Å². The highest BCUT2D eigenvalue weighted by atomic mass is 16.5. The van der Waals surface area contributed by atoms with E-state index >= 15 is 0 Å². The maximum Gasteiger partial charge on any atom is 0.302 e. The predicted octanol–water partition coefficient (Wildman–Crippen LogP) is 4.23. The fourth-order valence-electron chi connectivity index (χ4n) is 5.26. The number of likely N-dealkylation sites (N-methyl/N-ethyl adjacent to an activating group) is 1. The highest BCUT2D eigenvalue weighted by Crippen LogP contribution is 2.47. The average Bonchev–Trinajstić information content (AvgIpc) is 2.98. The van der Waals surface area contributed by atoms with Crippen molar-refractivity contribution in [3.05, 3.63) is 35.9 Å². The van der Waals surface area contributed by atoms with E-state index in [1.807, 2.05) is 0 Å². The molecule has 0 radical (unpaired) electrons. The van der Waals surface area contributed by atoms with Crippen LogP contribution in [0.4, 0.5) is 5.69 Å². The summed E-state index contributed by atoms with van der Waals surface area (Å²) in [4.78, 5) is 16.8. The van der Waals surface area contributed by atoms with Gasteiger partial charge in [-0.3, -0.25) is 9.69 Å². The Balaban J connectivity index is 1.99. The minimum Gasteiger partial charge on any atom is -0.497 e. The Morgan fingerprint density at radius 3 is 2.72 bits per heavy atom. The highest BCUT2D eigenvalue weighted by molar-refractivity contribution is 5.66. The molecule has 1 fully saturated rings. The molecule has 29 heavy (non-hydrogen) atoms. The SMILES string of the molecule is C/C=C\CN1CCC2c3ccc(OC)cc3N(C)C2C(C)C(OC(C)=O)CC1C. The maximum absolute atomic E-state index is 11.9. The van der Waals surface area contributed by atoms with Crippen molar-refractivity contribution < 1.29 is 14.3 Å². The lowest BCUT2D eigenvalue weighted by Crippen LogP contribution is -2.44. The Hall–Kier alpha value is -2.01. The van der Waals surface area contributed by atoms with Crippen LogP contribution in [0.5, 0.6) is 5.75 Å². The van der Waals surface area contributed by atoms with Crippen LogP contribution in [0.15, 0.2) is 30.4 Å². The molecule has 5 nitrogen and oxygen atoms in total. The predicted molar refractivity (Wildman–Crippen MR) is 118 cm³/mol. The molecular weight excluding hydrogens is 364 g/mol. The van der Waals surface area contributed by atoms with Gasteiger partial charge < -0.3 is 14.4 Å². The Morgan fingerprint density at radius 1 is 1.31 bits per heavy atom. The van der Waals surface area contributed by atoms with Crippen molar-refractivity contribution in [1.82, 2.24) is 4.90 Å². The van der Waals surface area contributed by atoms with Gasteiger partial charge in [0, 0.05) is 62.6 Å². The number of allylic oxidation sites excluding steroid dienone is 1. The van der Waals surface area contributed by atoms with Crippen molar-refractivity contribution in [3.8, 4) is 5.75 Å². The molecule has 0 spiro atoms. The zero-order valence-electron chi connectivity index (χ0n) is 18.7. The summed E-state index contributed by atoms with van der Waals surface area (Å²) in [6, 6.07) is 7.09. The first-order valence-corrected chi connectivity index (χ1v) is 10.8. The topological polar surface area (TPSA) is 42.0 Å². The number of carbonyl (C=O) groups excluding carboxylic acids is 1. The quantitative estimate of drug-likeness (QED) is 0.559. The number of rotatable bonds is 4. The molecular formula is C24H36N2O3. The molecule has 3 rings (SSSR count). The number of carbonyl (C=O) groups is 1. The summed E-state index contributed by atoms with van der Waals surface area (Å²) in [5.41, 5.74) is 2.62. The molecule has 5 unspecified atom stereocenters. The summed E-state index contributed by atoms with van der Waals surface area (Å²) in [5, 5.41) is 0. The molecule has 0 amide bonds. The van der Waals surface area contributed by atoms with Crippen LogP contribution >= 0.6 is 0 Å². The first-order chi connectivity index (χ1) is 13.9. The third-order valence-electron chi connectivity index (χ3n) is 6.82. The van der Waals surface area contributed by atoms with E-state index < -0.39 is 0 Å². The van der Waals surface area contributed by atoms with E-state index in [0.717, 1.165) is 31.7 Å². The maximum atomic E-state index is 11.9. The largest absolute Gasteiger partial charge is 0.497 e. The number of methoxy groups -OCH3 is 1. The number of hydrogen-bond acceptors (Lipinski definition) is 5. The molecule has 5 atom stereocenters. The highest BCUT2D eigenvalue weighted by Gasteiger charge is 2.44. The molecule has 160 valence electrons. The second kappa shape index (κ2) is 9.21. The third kappa shape index (κ3) is 4.45. The molecule has 0 aliphatic carbocycles. The van der Waals surface area contributed by atoms with E-state index in [2.05, 4.69) is 68.0 Å². The van der Waals surface area contributed by atoms with Crippen LogP contribution in [-0.4, -0.2) is 56.3 Å². The molecule has 1 saturated heterocycles. The van der Waals surface area contributed by atoms with Crippen LogP contribution in [0.2, 0.25) is 0 Å². The number of esters is 1. The minimum absolute atomic E-state index is 0.0973. The molecule has 2 aliphatic rings. The summed E-state index contributed by atoms with van der Waals surface area (Å²) in [6.07, 6.45) is 6.18. The van der Waals surface area contributed by atoms with Gasteiger partial charge in [0.05, 0.1) is 7.11 Å². The van der Waals surface area contributed by atoms with E-state index in [9.17, 15) is 4.79 Å². The van der Waals surface area contributed by atoms with E-state index in [-0.39, 0.29) is 18.0 Å². The molecule has 0 bridgehead atoms. The zero-order chi connectivity index (χ0) is 21.1. The summed E-state index contributed by atoms with van der Waals surface area (Å²) >= 11 is 0. The number of ether oxygens (including phenoxy) is 2. The first-order valence-electron chi connectivity index (χ1n) is 10.8. The zero-order valence-corrected chi connectivity index (χ0v) is 18.7. The van der Waals surface area contributed by atoms with Gasteiger partial charge in [0.2, 0.25) is 0 Å². The summed E-state index contributed by atoms with van der Waals surface area (Å²) in [5.74, 6) is 1.34. The first kappa shape index (κ1) is 21.7. The van der Waals surface area contributed by atoms with E-state index in [0.29, 0.717) is 18.0 Å². The van der Waals surface area contributed by atoms with Crippen LogP contribution in [0.3, 0.4) is 0 Å². The Bertz CT molecular complexity index is 748. The average molecular weight is 401 g/mol. The molecule has 1 aromatic rings.